The van der Waals surface area contributed by atoms with Gasteiger partial charge in [-0.3, -0.25) is 4.79 Å². The second-order valence-corrected chi connectivity index (χ2v) is 8.27. The van der Waals surface area contributed by atoms with Crippen molar-refractivity contribution in [3.8, 4) is 11.3 Å². The van der Waals surface area contributed by atoms with Crippen LogP contribution >= 0.6 is 0 Å². The second kappa shape index (κ2) is 8.39. The Kier molecular flexibility index (Phi) is 6.07. The molecule has 3 N–H and O–H groups in total. The van der Waals surface area contributed by atoms with Gasteiger partial charge >= 0.3 is 0 Å². The Morgan fingerprint density at radius 3 is 2.63 bits per heavy atom. The van der Waals surface area contributed by atoms with Crippen molar-refractivity contribution in [2.75, 3.05) is 11.9 Å². The lowest BCUT2D eigenvalue weighted by atomic mass is 10.0. The summed E-state index contributed by atoms with van der Waals surface area (Å²) in [4.78, 5) is 17.2. The number of hydrogen-bond acceptors (Lipinski definition) is 5. The number of carbonyl (C=O) groups excluding carboxylic acids is 1. The number of halogens is 1. The van der Waals surface area contributed by atoms with Crippen molar-refractivity contribution >= 4 is 17.4 Å². The minimum atomic E-state index is -1.60. The SMILES string of the molecule is Cc1ccccc1-c1cc2ncc(C(=O)NC[C@@H](F)C(C)(C)O)c(NC(C)C)n2n1. The van der Waals surface area contributed by atoms with Gasteiger partial charge in [0.1, 0.15) is 17.6 Å². The number of nitrogens with zero attached hydrogens (tertiary/aromatic N) is 3. The van der Waals surface area contributed by atoms with Crippen molar-refractivity contribution in [2.24, 2.45) is 0 Å². The first kappa shape index (κ1) is 21.7. The van der Waals surface area contributed by atoms with E-state index in [4.69, 9.17) is 0 Å². The van der Waals surface area contributed by atoms with Crippen molar-refractivity contribution in [1.82, 2.24) is 19.9 Å². The number of benzene rings is 1. The number of aromatic nitrogens is 3. The van der Waals surface area contributed by atoms with Crippen LogP contribution in [0.2, 0.25) is 0 Å². The average molecular weight is 413 g/mol. The molecule has 0 radical (unpaired) electrons. The number of aliphatic hydroxyl groups is 1. The lowest BCUT2D eigenvalue weighted by Crippen LogP contribution is -2.42. The lowest BCUT2D eigenvalue weighted by Gasteiger charge is -2.22. The van der Waals surface area contributed by atoms with E-state index in [-0.39, 0.29) is 18.2 Å². The van der Waals surface area contributed by atoms with E-state index in [0.29, 0.717) is 11.5 Å². The predicted molar refractivity (Wildman–Crippen MR) is 115 cm³/mol. The highest BCUT2D eigenvalue weighted by atomic mass is 19.1. The molecule has 1 atom stereocenters. The van der Waals surface area contributed by atoms with E-state index in [1.165, 1.54) is 20.0 Å². The maximum Gasteiger partial charge on any atom is 0.256 e. The number of hydrogen-bond donors (Lipinski definition) is 3. The lowest BCUT2D eigenvalue weighted by molar-refractivity contribution is -0.00177. The summed E-state index contributed by atoms with van der Waals surface area (Å²) in [6.07, 6.45) is -0.146. The van der Waals surface area contributed by atoms with Gasteiger partial charge in [0.05, 0.1) is 17.8 Å². The molecule has 0 saturated heterocycles. The van der Waals surface area contributed by atoms with Crippen LogP contribution in [0.4, 0.5) is 10.2 Å². The molecule has 0 bridgehead atoms. The van der Waals surface area contributed by atoms with Gasteiger partial charge in [0.2, 0.25) is 0 Å². The van der Waals surface area contributed by atoms with Crippen LogP contribution in [0.5, 0.6) is 0 Å². The van der Waals surface area contributed by atoms with Crippen molar-refractivity contribution in [3.63, 3.8) is 0 Å². The maximum absolute atomic E-state index is 14.1. The third-order valence-corrected chi connectivity index (χ3v) is 4.78. The zero-order valence-electron chi connectivity index (χ0n) is 17.9. The topological polar surface area (TPSA) is 91.5 Å². The summed E-state index contributed by atoms with van der Waals surface area (Å²) in [6, 6.07) is 9.79. The highest BCUT2D eigenvalue weighted by Gasteiger charge is 2.27. The number of rotatable bonds is 7. The van der Waals surface area contributed by atoms with Crippen molar-refractivity contribution < 1.29 is 14.3 Å². The molecular formula is C22H28FN5O2. The molecule has 2 heterocycles. The Balaban J connectivity index is 2.00. The fraction of sp³-hybridized carbons (Fsp3) is 0.409. The molecule has 0 saturated carbocycles. The molecule has 0 unspecified atom stereocenters. The van der Waals surface area contributed by atoms with Crippen LogP contribution in [0.1, 0.15) is 43.6 Å². The Labute approximate surface area is 175 Å². The Morgan fingerprint density at radius 1 is 1.30 bits per heavy atom. The third-order valence-electron chi connectivity index (χ3n) is 4.78. The zero-order valence-corrected chi connectivity index (χ0v) is 17.9. The van der Waals surface area contributed by atoms with Crippen LogP contribution in [0.3, 0.4) is 0 Å². The number of alkyl halides is 1. The number of carbonyl (C=O) groups is 1. The molecule has 3 rings (SSSR count). The monoisotopic (exact) mass is 413 g/mol. The molecule has 2 aromatic heterocycles. The zero-order chi connectivity index (χ0) is 22.1. The van der Waals surface area contributed by atoms with Gasteiger partial charge in [-0.1, -0.05) is 24.3 Å². The van der Waals surface area contributed by atoms with Crippen molar-refractivity contribution in [2.45, 2.75) is 52.4 Å². The molecule has 160 valence electrons. The van der Waals surface area contributed by atoms with Crippen LogP contribution in [0.25, 0.3) is 16.9 Å². The van der Waals surface area contributed by atoms with Crippen LogP contribution in [-0.4, -0.2) is 50.0 Å². The predicted octanol–water partition coefficient (Wildman–Crippen LogP) is 3.36. The van der Waals surface area contributed by atoms with E-state index in [9.17, 15) is 14.3 Å². The molecule has 1 aromatic carbocycles. The molecule has 0 aliphatic rings. The van der Waals surface area contributed by atoms with Crippen LogP contribution in [0.15, 0.2) is 36.5 Å². The van der Waals surface area contributed by atoms with Gasteiger partial charge < -0.3 is 15.7 Å². The van der Waals surface area contributed by atoms with Gasteiger partial charge in [-0.05, 0) is 40.2 Å². The number of amides is 1. The molecule has 1 amide bonds. The van der Waals surface area contributed by atoms with Crippen LogP contribution in [-0.2, 0) is 0 Å². The van der Waals surface area contributed by atoms with Gasteiger partial charge in [0.25, 0.3) is 5.91 Å². The highest BCUT2D eigenvalue weighted by molar-refractivity contribution is 5.99. The minimum absolute atomic E-state index is 0.0264. The van der Waals surface area contributed by atoms with Crippen molar-refractivity contribution in [1.29, 1.82) is 0 Å². The molecule has 0 aliphatic carbocycles. The Hall–Kier alpha value is -3.00. The van der Waals surface area contributed by atoms with Gasteiger partial charge in [-0.25, -0.2) is 9.37 Å². The maximum atomic E-state index is 14.1. The summed E-state index contributed by atoms with van der Waals surface area (Å²) in [5.74, 6) is -0.0154. The normalized spacial score (nSPS) is 12.9. The number of anilines is 1. The average Bonchev–Trinajstić information content (AvgIpc) is 3.09. The van der Waals surface area contributed by atoms with E-state index in [2.05, 4.69) is 20.7 Å². The summed E-state index contributed by atoms with van der Waals surface area (Å²) in [5, 5.41) is 20.2. The fourth-order valence-electron chi connectivity index (χ4n) is 3.03. The first-order valence-corrected chi connectivity index (χ1v) is 9.94. The molecule has 0 fully saturated rings. The second-order valence-electron chi connectivity index (χ2n) is 8.27. The molecular weight excluding hydrogens is 385 g/mol. The Bertz CT molecular complexity index is 1060. The minimum Gasteiger partial charge on any atom is -0.387 e. The molecule has 0 spiro atoms. The fourth-order valence-corrected chi connectivity index (χ4v) is 3.03. The smallest absolute Gasteiger partial charge is 0.256 e. The number of fused-ring (bicyclic) bond motifs is 1. The van der Waals surface area contributed by atoms with Gasteiger partial charge in [-0.15, -0.1) is 0 Å². The van der Waals surface area contributed by atoms with Gasteiger partial charge in [0.15, 0.2) is 5.65 Å². The van der Waals surface area contributed by atoms with E-state index in [1.807, 2.05) is 51.1 Å². The third kappa shape index (κ3) is 4.59. The van der Waals surface area contributed by atoms with Crippen LogP contribution in [0, 0.1) is 6.92 Å². The summed E-state index contributed by atoms with van der Waals surface area (Å²) in [7, 11) is 0. The quantitative estimate of drug-likeness (QED) is 0.552. The van der Waals surface area contributed by atoms with Crippen LogP contribution < -0.4 is 10.6 Å². The summed E-state index contributed by atoms with van der Waals surface area (Å²) >= 11 is 0. The molecule has 0 aliphatic heterocycles. The van der Waals surface area contributed by atoms with E-state index in [1.54, 1.807) is 4.52 Å². The Morgan fingerprint density at radius 2 is 2.00 bits per heavy atom. The van der Waals surface area contributed by atoms with Gasteiger partial charge in [-0.2, -0.15) is 9.61 Å². The van der Waals surface area contributed by atoms with E-state index >= 15 is 0 Å². The largest absolute Gasteiger partial charge is 0.387 e. The first-order chi connectivity index (χ1) is 14.1. The molecule has 30 heavy (non-hydrogen) atoms. The molecule has 8 heteroatoms. The van der Waals surface area contributed by atoms with E-state index in [0.717, 1.165) is 16.8 Å². The first-order valence-electron chi connectivity index (χ1n) is 9.94. The highest BCUT2D eigenvalue weighted by Crippen LogP contribution is 2.26. The van der Waals surface area contributed by atoms with E-state index < -0.39 is 17.7 Å². The summed E-state index contributed by atoms with van der Waals surface area (Å²) in [6.45, 7) is 8.32. The van der Waals surface area contributed by atoms with Gasteiger partial charge in [0, 0.05) is 23.9 Å². The standard InChI is InChI=1S/C22H28FN5O2/c1-13(2)26-20-16(21(29)25-12-18(23)22(4,5)30)11-24-19-10-17(27-28(19)20)15-9-7-6-8-14(15)3/h6-11,13,18,26,30H,12H2,1-5H3,(H,25,29)/t18-/m1/s1. The molecule has 7 nitrogen and oxygen atoms in total. The molecule has 3 aromatic rings. The number of nitrogens with one attached hydrogen (secondary N) is 2. The van der Waals surface area contributed by atoms with Crippen molar-refractivity contribution in [3.05, 3.63) is 47.7 Å². The summed E-state index contributed by atoms with van der Waals surface area (Å²) < 4.78 is 15.7. The summed E-state index contributed by atoms with van der Waals surface area (Å²) in [5.41, 5.74) is 2.11. The number of aryl methyl sites for hydroxylation is 1.